The summed E-state index contributed by atoms with van der Waals surface area (Å²) >= 11 is 6.21. The van der Waals surface area contributed by atoms with Crippen LogP contribution in [0.3, 0.4) is 0 Å². The average molecular weight is 514 g/mol. The number of carbonyl (C=O) groups is 1. The molecule has 2 rings (SSSR count). The molecule has 8 nitrogen and oxygen atoms in total. The van der Waals surface area contributed by atoms with Gasteiger partial charge in [0.1, 0.15) is 11.9 Å². The zero-order valence-corrected chi connectivity index (χ0v) is 22.2. The van der Waals surface area contributed by atoms with Crippen LogP contribution < -0.4 is 0 Å². The third-order valence-corrected chi connectivity index (χ3v) is 7.82. The molecule has 0 spiro atoms. The van der Waals surface area contributed by atoms with Crippen LogP contribution in [0, 0.1) is 5.92 Å². The molecule has 0 aliphatic rings. The molecule has 0 saturated carbocycles. The van der Waals surface area contributed by atoms with E-state index in [0.717, 1.165) is 35.0 Å². The van der Waals surface area contributed by atoms with Gasteiger partial charge in [-0.2, -0.15) is 4.31 Å². The van der Waals surface area contributed by atoms with Gasteiger partial charge in [-0.25, -0.2) is 13.4 Å². The minimum atomic E-state index is -3.91. The number of likely N-dealkylation sites (N-methyl/N-ethyl adjacent to an activating group) is 1. The second-order valence-electron chi connectivity index (χ2n) is 8.68. The maximum atomic E-state index is 13.3. The van der Waals surface area contributed by atoms with Crippen LogP contribution in [0.15, 0.2) is 29.2 Å². The summed E-state index contributed by atoms with van der Waals surface area (Å²) in [6.07, 6.45) is 3.04. The Hall–Kier alpha value is -1.94. The zero-order chi connectivity index (χ0) is 25.5. The van der Waals surface area contributed by atoms with Gasteiger partial charge in [-0.3, -0.25) is 4.79 Å². The first-order valence-electron chi connectivity index (χ1n) is 11.6. The molecule has 1 aromatic carbocycles. The molecule has 0 bridgehead atoms. The normalized spacial score (nSPS) is 13.0. The lowest BCUT2D eigenvalue weighted by Gasteiger charge is -2.27. The predicted molar refractivity (Wildman–Crippen MR) is 132 cm³/mol. The van der Waals surface area contributed by atoms with Crippen LogP contribution >= 0.6 is 11.6 Å². The fourth-order valence-electron chi connectivity index (χ4n) is 3.73. The number of aryl methyl sites for hydroxylation is 1. The Bertz CT molecular complexity index is 1050. The summed E-state index contributed by atoms with van der Waals surface area (Å²) in [6.45, 7) is 8.00. The summed E-state index contributed by atoms with van der Waals surface area (Å²) < 4.78 is 34.6. The number of imidazole rings is 1. The van der Waals surface area contributed by atoms with E-state index in [2.05, 4.69) is 11.9 Å². The van der Waals surface area contributed by atoms with Gasteiger partial charge in [0.15, 0.2) is 5.15 Å². The maximum Gasteiger partial charge on any atom is 0.324 e. The highest BCUT2D eigenvalue weighted by molar-refractivity contribution is 7.89. The van der Waals surface area contributed by atoms with Gasteiger partial charge >= 0.3 is 5.97 Å². The molecule has 10 heteroatoms. The SMILES string of the molecule is CCCCc1nc(Cl)c(CO)n1Cc1ccc(S(=O)(=O)N(C)[C@@H](CC(C)C)C(=O)OCC)cc1. The monoisotopic (exact) mass is 513 g/mol. The summed E-state index contributed by atoms with van der Waals surface area (Å²) in [5, 5.41) is 10.0. The molecule has 0 radical (unpaired) electrons. The maximum absolute atomic E-state index is 13.3. The quantitative estimate of drug-likeness (QED) is 0.406. The van der Waals surface area contributed by atoms with E-state index in [1.165, 1.54) is 19.2 Å². The molecule has 1 heterocycles. The fraction of sp³-hybridized carbons (Fsp3) is 0.583. The van der Waals surface area contributed by atoms with Crippen molar-refractivity contribution in [2.75, 3.05) is 13.7 Å². The van der Waals surface area contributed by atoms with Crippen LogP contribution in [-0.2, 0) is 39.1 Å². The Morgan fingerprint density at radius 2 is 1.88 bits per heavy atom. The number of ether oxygens (including phenoxy) is 1. The molecule has 1 N–H and O–H groups in total. The van der Waals surface area contributed by atoms with E-state index < -0.39 is 22.0 Å². The van der Waals surface area contributed by atoms with Crippen molar-refractivity contribution in [2.24, 2.45) is 5.92 Å². The Balaban J connectivity index is 2.30. The summed E-state index contributed by atoms with van der Waals surface area (Å²) in [4.78, 5) is 16.9. The van der Waals surface area contributed by atoms with Crippen molar-refractivity contribution in [2.45, 2.75) is 77.5 Å². The minimum Gasteiger partial charge on any atom is -0.465 e. The van der Waals surface area contributed by atoms with Gasteiger partial charge in [-0.05, 0) is 43.4 Å². The van der Waals surface area contributed by atoms with Crippen molar-refractivity contribution < 1.29 is 23.1 Å². The van der Waals surface area contributed by atoms with Crippen molar-refractivity contribution in [3.05, 3.63) is 46.5 Å². The van der Waals surface area contributed by atoms with Crippen LogP contribution in [0.2, 0.25) is 5.15 Å². The number of benzene rings is 1. The summed E-state index contributed by atoms with van der Waals surface area (Å²) in [7, 11) is -2.50. The van der Waals surface area contributed by atoms with E-state index in [1.807, 2.05) is 18.4 Å². The Labute approximate surface area is 207 Å². The van der Waals surface area contributed by atoms with E-state index in [0.29, 0.717) is 18.7 Å². The largest absolute Gasteiger partial charge is 0.465 e. The standard InChI is InChI=1S/C24H36ClN3O5S/c1-6-8-9-22-26-23(25)21(16-29)28(22)15-18-10-12-19(13-11-18)34(31,32)27(5)20(14-17(3)4)24(30)33-7-2/h10-13,17,20,29H,6-9,14-16H2,1-5H3/t20-/m0/s1. The zero-order valence-electron chi connectivity index (χ0n) is 20.6. The molecule has 2 aromatic rings. The number of esters is 1. The lowest BCUT2D eigenvalue weighted by molar-refractivity contribution is -0.147. The van der Waals surface area contributed by atoms with Crippen molar-refractivity contribution in [3.63, 3.8) is 0 Å². The number of nitrogens with zero attached hydrogens (tertiary/aromatic N) is 3. The Morgan fingerprint density at radius 1 is 1.24 bits per heavy atom. The summed E-state index contributed by atoms with van der Waals surface area (Å²) in [6, 6.07) is 5.61. The molecule has 1 atom stereocenters. The van der Waals surface area contributed by atoms with Crippen molar-refractivity contribution >= 4 is 27.6 Å². The molecule has 0 aliphatic carbocycles. The Kier molecular flexibility index (Phi) is 10.5. The summed E-state index contributed by atoms with van der Waals surface area (Å²) in [5.74, 6) is 0.351. The second kappa shape index (κ2) is 12.7. The van der Waals surface area contributed by atoms with Crippen LogP contribution in [0.4, 0.5) is 0 Å². The van der Waals surface area contributed by atoms with Crippen LogP contribution in [0.25, 0.3) is 0 Å². The van der Waals surface area contributed by atoms with E-state index >= 15 is 0 Å². The molecular weight excluding hydrogens is 478 g/mol. The number of aliphatic hydroxyl groups is 1. The van der Waals surface area contributed by atoms with Gasteiger partial charge in [0.2, 0.25) is 10.0 Å². The van der Waals surface area contributed by atoms with E-state index in [1.54, 1.807) is 19.1 Å². The molecular formula is C24H36ClN3O5S. The molecule has 0 saturated heterocycles. The van der Waals surface area contributed by atoms with Gasteiger partial charge in [0.25, 0.3) is 0 Å². The predicted octanol–water partition coefficient (Wildman–Crippen LogP) is 4.02. The highest BCUT2D eigenvalue weighted by Gasteiger charge is 2.34. The molecule has 0 unspecified atom stereocenters. The first-order chi connectivity index (χ1) is 16.1. The minimum absolute atomic E-state index is 0.0917. The van der Waals surface area contributed by atoms with Crippen molar-refractivity contribution in [1.82, 2.24) is 13.9 Å². The lowest BCUT2D eigenvalue weighted by Crippen LogP contribution is -2.44. The third-order valence-electron chi connectivity index (χ3n) is 5.64. The number of carbonyl (C=O) groups excluding carboxylic acids is 1. The number of hydrogen-bond donors (Lipinski definition) is 1. The van der Waals surface area contributed by atoms with Crippen LogP contribution in [-0.4, -0.2) is 53.0 Å². The smallest absolute Gasteiger partial charge is 0.324 e. The van der Waals surface area contributed by atoms with E-state index in [-0.39, 0.29) is 29.2 Å². The summed E-state index contributed by atoms with van der Waals surface area (Å²) in [5.41, 5.74) is 1.38. The van der Waals surface area contributed by atoms with Crippen LogP contribution in [0.1, 0.15) is 64.0 Å². The molecule has 34 heavy (non-hydrogen) atoms. The number of aliphatic hydroxyl groups excluding tert-OH is 1. The number of hydrogen-bond acceptors (Lipinski definition) is 6. The van der Waals surface area contributed by atoms with Gasteiger partial charge in [0, 0.05) is 20.0 Å². The number of sulfonamides is 1. The van der Waals surface area contributed by atoms with Gasteiger partial charge < -0.3 is 14.4 Å². The highest BCUT2D eigenvalue weighted by atomic mass is 35.5. The van der Waals surface area contributed by atoms with Gasteiger partial charge in [0.05, 0.1) is 23.8 Å². The molecule has 1 aromatic heterocycles. The van der Waals surface area contributed by atoms with E-state index in [9.17, 15) is 18.3 Å². The number of halogens is 1. The van der Waals surface area contributed by atoms with Crippen molar-refractivity contribution in [1.29, 1.82) is 0 Å². The first-order valence-corrected chi connectivity index (χ1v) is 13.5. The van der Waals surface area contributed by atoms with E-state index in [4.69, 9.17) is 16.3 Å². The molecule has 0 aliphatic heterocycles. The average Bonchev–Trinajstić information content (AvgIpc) is 3.09. The highest BCUT2D eigenvalue weighted by Crippen LogP contribution is 2.24. The van der Waals surface area contributed by atoms with Gasteiger partial charge in [-0.1, -0.05) is 50.9 Å². The number of aromatic nitrogens is 2. The molecule has 190 valence electrons. The first kappa shape index (κ1) is 28.3. The second-order valence-corrected chi connectivity index (χ2v) is 11.0. The molecule has 0 fully saturated rings. The van der Waals surface area contributed by atoms with Gasteiger partial charge in [-0.15, -0.1) is 0 Å². The lowest BCUT2D eigenvalue weighted by atomic mass is 10.0. The number of unbranched alkanes of at least 4 members (excludes halogenated alkanes) is 1. The number of rotatable bonds is 13. The third kappa shape index (κ3) is 6.81. The topological polar surface area (TPSA) is 102 Å². The fourth-order valence-corrected chi connectivity index (χ4v) is 5.31. The van der Waals surface area contributed by atoms with Crippen LogP contribution in [0.5, 0.6) is 0 Å². The van der Waals surface area contributed by atoms with Crippen molar-refractivity contribution in [3.8, 4) is 0 Å². The molecule has 0 amide bonds. The Morgan fingerprint density at radius 3 is 2.41 bits per heavy atom.